The molecule has 5 rings (SSSR count). The first-order chi connectivity index (χ1) is 16.1. The summed E-state index contributed by atoms with van der Waals surface area (Å²) in [6.07, 6.45) is 8.68. The van der Waals surface area contributed by atoms with E-state index >= 15 is 0 Å². The molecule has 4 aliphatic rings. The average Bonchev–Trinajstić information content (AvgIpc) is 3.32. The molecule has 1 N–H and O–H groups in total. The Morgan fingerprint density at radius 2 is 1.94 bits per heavy atom. The van der Waals surface area contributed by atoms with Crippen LogP contribution in [0.3, 0.4) is 0 Å². The number of piperidine rings is 1. The van der Waals surface area contributed by atoms with Crippen LogP contribution in [-0.2, 0) is 19.7 Å². The summed E-state index contributed by atoms with van der Waals surface area (Å²) >= 11 is 6.53. The lowest BCUT2D eigenvalue weighted by atomic mass is 9.72. The number of hydrogen-bond acceptors (Lipinski definition) is 4. The van der Waals surface area contributed by atoms with Gasteiger partial charge < -0.3 is 19.7 Å². The van der Waals surface area contributed by atoms with Crippen molar-refractivity contribution in [1.29, 1.82) is 0 Å². The number of nitrogens with one attached hydrogen (secondary N) is 1. The molecule has 1 aromatic rings. The highest BCUT2D eigenvalue weighted by molar-refractivity contribution is 6.23. The first-order valence-corrected chi connectivity index (χ1v) is 12.6. The highest BCUT2D eigenvalue weighted by Gasteiger charge is 2.52. The van der Waals surface area contributed by atoms with Gasteiger partial charge in [-0.1, -0.05) is 42.5 Å². The summed E-state index contributed by atoms with van der Waals surface area (Å²) in [6, 6.07) is 9.03. The second kappa shape index (κ2) is 9.38. The Labute approximate surface area is 201 Å². The van der Waals surface area contributed by atoms with E-state index in [2.05, 4.69) is 52.7 Å². The lowest BCUT2D eigenvalue weighted by molar-refractivity contribution is -0.171. The first-order valence-electron chi connectivity index (χ1n) is 12.2. The Kier molecular flexibility index (Phi) is 6.49. The molecule has 6 heteroatoms. The summed E-state index contributed by atoms with van der Waals surface area (Å²) in [6.45, 7) is 7.55. The lowest BCUT2D eigenvalue weighted by Crippen LogP contribution is -2.51. The third-order valence-electron chi connectivity index (χ3n) is 7.43. The minimum atomic E-state index is -0.817. The normalized spacial score (nSPS) is 26.5. The van der Waals surface area contributed by atoms with Crippen LogP contribution in [-0.4, -0.2) is 61.4 Å². The number of rotatable bonds is 8. The van der Waals surface area contributed by atoms with E-state index in [1.54, 1.807) is 0 Å². The maximum Gasteiger partial charge on any atom is 0.277 e. The minimum Gasteiger partial charge on any atom is -0.349 e. The summed E-state index contributed by atoms with van der Waals surface area (Å²) in [5.41, 5.74) is 7.10. The first kappa shape index (κ1) is 22.9. The molecule has 1 aliphatic heterocycles. The Morgan fingerprint density at radius 3 is 2.67 bits per heavy atom. The van der Waals surface area contributed by atoms with E-state index in [1.165, 1.54) is 27.8 Å². The summed E-state index contributed by atoms with van der Waals surface area (Å²) in [5, 5.41) is 3.10. The summed E-state index contributed by atoms with van der Waals surface area (Å²) in [4.78, 5) is 15.1. The van der Waals surface area contributed by atoms with Crippen LogP contribution in [0.2, 0.25) is 0 Å². The van der Waals surface area contributed by atoms with E-state index in [0.29, 0.717) is 13.2 Å². The number of benzene rings is 1. The van der Waals surface area contributed by atoms with Crippen molar-refractivity contribution in [3.8, 4) is 0 Å². The number of allylic oxidation sites excluding steroid dienone is 5. The number of halogens is 1. The molecule has 2 bridgehead atoms. The van der Waals surface area contributed by atoms with E-state index in [4.69, 9.17) is 21.1 Å². The Hall–Kier alpha value is -1.92. The van der Waals surface area contributed by atoms with Crippen LogP contribution < -0.4 is 5.32 Å². The molecule has 1 heterocycles. The highest BCUT2D eigenvalue weighted by Crippen LogP contribution is 2.60. The van der Waals surface area contributed by atoms with Crippen LogP contribution in [0.25, 0.3) is 5.57 Å². The van der Waals surface area contributed by atoms with Crippen molar-refractivity contribution >= 4 is 23.1 Å². The van der Waals surface area contributed by atoms with Gasteiger partial charge in [0.1, 0.15) is 0 Å². The molecule has 1 fully saturated rings. The maximum absolute atomic E-state index is 12.6. The topological polar surface area (TPSA) is 50.8 Å². The molecule has 1 unspecified atom stereocenters. The summed E-state index contributed by atoms with van der Waals surface area (Å²) in [5.74, 6) is -0.165. The van der Waals surface area contributed by atoms with Crippen LogP contribution in [0, 0.1) is 0 Å². The summed E-state index contributed by atoms with van der Waals surface area (Å²) in [7, 11) is 0. The summed E-state index contributed by atoms with van der Waals surface area (Å²) < 4.78 is 10.9. The molecular formula is C27H33ClN2O3. The van der Waals surface area contributed by atoms with E-state index in [0.717, 1.165) is 38.9 Å². The van der Waals surface area contributed by atoms with Gasteiger partial charge in [-0.25, -0.2) is 0 Å². The predicted molar refractivity (Wildman–Crippen MR) is 131 cm³/mol. The number of amides is 1. The zero-order chi connectivity index (χ0) is 23.0. The quantitative estimate of drug-likeness (QED) is 0.459. The molecule has 2 atom stereocenters. The third kappa shape index (κ3) is 4.10. The van der Waals surface area contributed by atoms with Crippen LogP contribution in [0.15, 0.2) is 53.6 Å². The zero-order valence-corrected chi connectivity index (χ0v) is 20.2. The second-order valence-corrected chi connectivity index (χ2v) is 9.89. The van der Waals surface area contributed by atoms with Crippen molar-refractivity contribution in [3.05, 3.63) is 64.8 Å². The van der Waals surface area contributed by atoms with E-state index < -0.39 is 6.29 Å². The molecule has 176 valence electrons. The Bertz CT molecular complexity index is 1000. The number of nitrogens with zero attached hydrogens (tertiary/aromatic N) is 1. The van der Waals surface area contributed by atoms with E-state index in [-0.39, 0.29) is 22.7 Å². The van der Waals surface area contributed by atoms with Crippen molar-refractivity contribution in [3.63, 3.8) is 0 Å². The van der Waals surface area contributed by atoms with E-state index in [1.807, 2.05) is 13.8 Å². The number of fused-ring (bicyclic) bond motifs is 7. The monoisotopic (exact) mass is 468 g/mol. The van der Waals surface area contributed by atoms with Crippen molar-refractivity contribution in [2.45, 2.75) is 56.2 Å². The molecule has 3 aliphatic carbocycles. The molecule has 0 aromatic heterocycles. The van der Waals surface area contributed by atoms with Gasteiger partial charge in [-0.3, -0.25) is 4.79 Å². The lowest BCUT2D eigenvalue weighted by Gasteiger charge is -2.41. The molecule has 0 saturated carbocycles. The number of alkyl halides is 1. The maximum atomic E-state index is 12.6. The van der Waals surface area contributed by atoms with Gasteiger partial charge in [0.05, 0.1) is 5.38 Å². The minimum absolute atomic E-state index is 0.00965. The zero-order valence-electron chi connectivity index (χ0n) is 19.5. The molecule has 0 spiro atoms. The molecule has 1 aromatic carbocycles. The van der Waals surface area contributed by atoms with Crippen molar-refractivity contribution in [1.82, 2.24) is 10.2 Å². The fourth-order valence-electron chi connectivity index (χ4n) is 6.01. The van der Waals surface area contributed by atoms with Gasteiger partial charge in [0.15, 0.2) is 0 Å². The molecule has 5 nitrogen and oxygen atoms in total. The van der Waals surface area contributed by atoms with Gasteiger partial charge in [0, 0.05) is 44.3 Å². The van der Waals surface area contributed by atoms with Gasteiger partial charge in [-0.15, -0.1) is 11.6 Å². The number of carbonyl (C=O) groups is 1. The number of carbonyl (C=O) groups excluding carboxylic acids is 1. The molecule has 33 heavy (non-hydrogen) atoms. The van der Waals surface area contributed by atoms with Gasteiger partial charge in [-0.2, -0.15) is 0 Å². The predicted octanol–water partition coefficient (Wildman–Crippen LogP) is 4.18. The smallest absolute Gasteiger partial charge is 0.277 e. The van der Waals surface area contributed by atoms with Gasteiger partial charge in [0.2, 0.25) is 6.29 Å². The molecule has 1 amide bonds. The standard InChI is InChI=1S/C27H33ClN2O3/c1-3-32-26(33-4-2)25(31)29-19-11-13-30(14-12-19)17-27-16-22(20-7-5-6-8-23(20)27)21-10-9-18(28)15-24(21)27/h5-10,15,18-19,26H,3-4,11-14,16-17H2,1-2H3,(H,29,31)/t18?,27-/m0/s1. The van der Waals surface area contributed by atoms with Crippen LogP contribution in [0.4, 0.5) is 0 Å². The SMILES string of the molecule is CCOC(OCC)C(=O)NC1CCN(C[C@]23CC(=C4C=CC(Cl)C=C42)c2ccccc23)CC1. The van der Waals surface area contributed by atoms with Crippen molar-refractivity contribution < 1.29 is 14.3 Å². The number of hydrogen-bond donors (Lipinski definition) is 1. The van der Waals surface area contributed by atoms with Crippen LogP contribution in [0.1, 0.15) is 44.2 Å². The second-order valence-electron chi connectivity index (χ2n) is 9.38. The van der Waals surface area contributed by atoms with Gasteiger partial charge in [0.25, 0.3) is 5.91 Å². The number of ether oxygens (including phenoxy) is 2. The number of likely N-dealkylation sites (tertiary alicyclic amines) is 1. The third-order valence-corrected chi connectivity index (χ3v) is 7.70. The van der Waals surface area contributed by atoms with E-state index in [9.17, 15) is 4.79 Å². The van der Waals surface area contributed by atoms with Crippen LogP contribution in [0.5, 0.6) is 0 Å². The Morgan fingerprint density at radius 1 is 1.21 bits per heavy atom. The van der Waals surface area contributed by atoms with Gasteiger partial charge in [-0.05, 0) is 61.0 Å². The fourth-order valence-corrected chi connectivity index (χ4v) is 6.21. The molecule has 1 saturated heterocycles. The van der Waals surface area contributed by atoms with Gasteiger partial charge >= 0.3 is 0 Å². The largest absolute Gasteiger partial charge is 0.349 e. The Balaban J connectivity index is 1.27. The van der Waals surface area contributed by atoms with Crippen molar-refractivity contribution in [2.24, 2.45) is 0 Å². The average molecular weight is 469 g/mol. The molecular weight excluding hydrogens is 436 g/mol. The van der Waals surface area contributed by atoms with Crippen molar-refractivity contribution in [2.75, 3.05) is 32.8 Å². The molecule has 0 radical (unpaired) electrons. The van der Waals surface area contributed by atoms with Crippen LogP contribution >= 0.6 is 11.6 Å². The highest BCUT2D eigenvalue weighted by atomic mass is 35.5. The fraction of sp³-hybridized carbons (Fsp3) is 0.519.